The molecule has 0 amide bonds. The van der Waals surface area contributed by atoms with Gasteiger partial charge in [0.25, 0.3) is 5.89 Å². The number of benzene rings is 1. The minimum Gasteiger partial charge on any atom is -0.379 e. The van der Waals surface area contributed by atoms with Gasteiger partial charge in [0, 0.05) is 13.0 Å². The largest absolute Gasteiger partial charge is 0.379 e. The molecule has 2 heterocycles. The maximum absolute atomic E-state index is 13.2. The number of aliphatic hydroxyl groups is 1. The molecule has 9 heteroatoms. The maximum Gasteiger partial charge on any atom is 0.260 e. The van der Waals surface area contributed by atoms with Gasteiger partial charge in [-0.2, -0.15) is 9.29 Å². The fraction of sp³-hybridized carbons (Fsp3) is 0.429. The van der Waals surface area contributed by atoms with E-state index in [-0.39, 0.29) is 31.2 Å². The van der Waals surface area contributed by atoms with Gasteiger partial charge < -0.3 is 9.63 Å². The lowest BCUT2D eigenvalue weighted by atomic mass is 10.0. The summed E-state index contributed by atoms with van der Waals surface area (Å²) in [5.74, 6) is -0.436. The number of aryl methyl sites for hydroxylation is 1. The van der Waals surface area contributed by atoms with Crippen LogP contribution in [-0.2, 0) is 21.4 Å². The van der Waals surface area contributed by atoms with Crippen molar-refractivity contribution in [1.29, 1.82) is 0 Å². The maximum atomic E-state index is 13.2. The van der Waals surface area contributed by atoms with Crippen molar-refractivity contribution in [3.05, 3.63) is 47.4 Å². The third kappa shape index (κ3) is 3.26. The highest BCUT2D eigenvalue weighted by atomic mass is 32.2. The molecule has 2 aromatic rings. The first-order chi connectivity index (χ1) is 10.8. The van der Waals surface area contributed by atoms with Gasteiger partial charge in [0.1, 0.15) is 5.82 Å². The topological polar surface area (TPSA) is 96.5 Å². The number of β-amino-alcohol motifs (C(OH)–C–C–N with tert-alkyl or cyclic N) is 1. The highest BCUT2D eigenvalue weighted by molar-refractivity contribution is 7.88. The summed E-state index contributed by atoms with van der Waals surface area (Å²) in [6, 6.07) is 5.44. The van der Waals surface area contributed by atoms with E-state index in [0.717, 1.165) is 4.31 Å². The smallest absolute Gasteiger partial charge is 0.260 e. The lowest BCUT2D eigenvalue weighted by Gasteiger charge is -2.19. The van der Waals surface area contributed by atoms with E-state index in [1.807, 2.05) is 0 Å². The summed E-state index contributed by atoms with van der Waals surface area (Å²) >= 11 is 0. The number of hydrogen-bond acceptors (Lipinski definition) is 6. The molecular formula is C14H16FN3O4S. The SMILES string of the molecule is Cc1noc([C@@]2(O)CCN(S(=O)(=O)Cc3cccc(F)c3)C2)n1. The predicted molar refractivity (Wildman–Crippen MR) is 78.1 cm³/mol. The zero-order chi connectivity index (χ0) is 16.7. The van der Waals surface area contributed by atoms with Crippen LogP contribution in [0.25, 0.3) is 0 Å². The number of sulfonamides is 1. The second-order valence-electron chi connectivity index (χ2n) is 5.65. The number of rotatable bonds is 4. The van der Waals surface area contributed by atoms with Crippen LogP contribution in [0.3, 0.4) is 0 Å². The van der Waals surface area contributed by atoms with Crippen molar-refractivity contribution >= 4 is 10.0 Å². The van der Waals surface area contributed by atoms with Gasteiger partial charge in [-0.3, -0.25) is 0 Å². The van der Waals surface area contributed by atoms with Gasteiger partial charge in [0.2, 0.25) is 10.0 Å². The summed E-state index contributed by atoms with van der Waals surface area (Å²) in [6.45, 7) is 1.59. The zero-order valence-corrected chi connectivity index (χ0v) is 13.3. The molecular weight excluding hydrogens is 325 g/mol. The quantitative estimate of drug-likeness (QED) is 0.889. The lowest BCUT2D eigenvalue weighted by Crippen LogP contribution is -2.35. The molecule has 1 aliphatic heterocycles. The Hall–Kier alpha value is -1.84. The van der Waals surface area contributed by atoms with Gasteiger partial charge >= 0.3 is 0 Å². The summed E-state index contributed by atoms with van der Waals surface area (Å²) < 4.78 is 44.2. The van der Waals surface area contributed by atoms with Crippen LogP contribution >= 0.6 is 0 Å². The molecule has 7 nitrogen and oxygen atoms in total. The highest BCUT2D eigenvalue weighted by Crippen LogP contribution is 2.33. The molecule has 1 saturated heterocycles. The highest BCUT2D eigenvalue weighted by Gasteiger charge is 2.46. The normalized spacial score (nSPS) is 22.6. The van der Waals surface area contributed by atoms with Crippen molar-refractivity contribution < 1.29 is 22.4 Å². The number of hydrogen-bond donors (Lipinski definition) is 1. The first kappa shape index (κ1) is 16.0. The average molecular weight is 341 g/mol. The van der Waals surface area contributed by atoms with Crippen LogP contribution in [0.5, 0.6) is 0 Å². The van der Waals surface area contributed by atoms with E-state index < -0.39 is 21.4 Å². The molecule has 1 aliphatic rings. The second kappa shape index (κ2) is 5.66. The summed E-state index contributed by atoms with van der Waals surface area (Å²) in [4.78, 5) is 3.98. The molecule has 3 rings (SSSR count). The summed E-state index contributed by atoms with van der Waals surface area (Å²) in [5.41, 5.74) is -1.13. The first-order valence-electron chi connectivity index (χ1n) is 7.04. The van der Waals surface area contributed by atoms with Crippen molar-refractivity contribution in [1.82, 2.24) is 14.4 Å². The van der Waals surface area contributed by atoms with E-state index in [9.17, 15) is 17.9 Å². The number of aromatic nitrogens is 2. The van der Waals surface area contributed by atoms with Gasteiger partial charge in [-0.25, -0.2) is 12.8 Å². The van der Waals surface area contributed by atoms with Crippen molar-refractivity contribution in [2.24, 2.45) is 0 Å². The fourth-order valence-electron chi connectivity index (χ4n) is 2.59. The third-order valence-corrected chi connectivity index (χ3v) is 5.57. The minimum absolute atomic E-state index is 0.0125. The minimum atomic E-state index is -3.69. The number of halogens is 1. The number of nitrogens with zero attached hydrogens (tertiary/aromatic N) is 3. The molecule has 1 N–H and O–H groups in total. The molecule has 1 aromatic heterocycles. The molecule has 1 atom stereocenters. The van der Waals surface area contributed by atoms with Crippen LogP contribution < -0.4 is 0 Å². The fourth-order valence-corrected chi connectivity index (χ4v) is 4.15. The molecule has 0 spiro atoms. The van der Waals surface area contributed by atoms with Gasteiger partial charge in [0.15, 0.2) is 11.4 Å². The Kier molecular flexibility index (Phi) is 3.95. The molecule has 0 saturated carbocycles. The van der Waals surface area contributed by atoms with Crippen LogP contribution in [0.2, 0.25) is 0 Å². The van der Waals surface area contributed by atoms with Crippen LogP contribution in [0.15, 0.2) is 28.8 Å². The van der Waals surface area contributed by atoms with Crippen LogP contribution in [0.4, 0.5) is 4.39 Å². The van der Waals surface area contributed by atoms with E-state index in [1.54, 1.807) is 13.0 Å². The van der Waals surface area contributed by atoms with Crippen molar-refractivity contribution in [2.75, 3.05) is 13.1 Å². The molecule has 1 aromatic carbocycles. The summed E-state index contributed by atoms with van der Waals surface area (Å²) in [6.07, 6.45) is 0.164. The molecule has 1 fully saturated rings. The van der Waals surface area contributed by atoms with E-state index in [2.05, 4.69) is 10.1 Å². The third-order valence-electron chi connectivity index (χ3n) is 3.77. The molecule has 0 radical (unpaired) electrons. The second-order valence-corrected chi connectivity index (χ2v) is 7.62. The van der Waals surface area contributed by atoms with Crippen molar-refractivity contribution in [2.45, 2.75) is 24.7 Å². The molecule has 0 aliphatic carbocycles. The first-order valence-corrected chi connectivity index (χ1v) is 8.65. The summed E-state index contributed by atoms with van der Waals surface area (Å²) in [5, 5.41) is 14.2. The van der Waals surface area contributed by atoms with E-state index >= 15 is 0 Å². The van der Waals surface area contributed by atoms with E-state index in [0.29, 0.717) is 11.4 Å². The molecule has 124 valence electrons. The van der Waals surface area contributed by atoms with Gasteiger partial charge in [-0.1, -0.05) is 17.3 Å². The molecule has 0 bridgehead atoms. The Bertz CT molecular complexity index is 823. The van der Waals surface area contributed by atoms with Crippen LogP contribution in [0.1, 0.15) is 23.7 Å². The Morgan fingerprint density at radius 2 is 2.26 bits per heavy atom. The Balaban J connectivity index is 1.77. The van der Waals surface area contributed by atoms with Crippen molar-refractivity contribution in [3.8, 4) is 0 Å². The Labute approximate surface area is 132 Å². The zero-order valence-electron chi connectivity index (χ0n) is 12.4. The Morgan fingerprint density at radius 3 is 2.91 bits per heavy atom. The van der Waals surface area contributed by atoms with Gasteiger partial charge in [-0.15, -0.1) is 0 Å². The lowest BCUT2D eigenvalue weighted by molar-refractivity contribution is 0.0194. The predicted octanol–water partition coefficient (Wildman–Crippen LogP) is 0.940. The molecule has 0 unspecified atom stereocenters. The molecule has 23 heavy (non-hydrogen) atoms. The van der Waals surface area contributed by atoms with Gasteiger partial charge in [0.05, 0.1) is 12.3 Å². The van der Waals surface area contributed by atoms with E-state index in [4.69, 9.17) is 4.52 Å². The Morgan fingerprint density at radius 1 is 1.48 bits per heavy atom. The van der Waals surface area contributed by atoms with Crippen molar-refractivity contribution in [3.63, 3.8) is 0 Å². The van der Waals surface area contributed by atoms with Crippen LogP contribution in [-0.4, -0.2) is 41.1 Å². The van der Waals surface area contributed by atoms with Crippen LogP contribution in [0, 0.1) is 12.7 Å². The van der Waals surface area contributed by atoms with Gasteiger partial charge in [-0.05, 0) is 24.6 Å². The standard InChI is InChI=1S/C14H16FN3O4S/c1-10-16-13(22-17-10)14(19)5-6-18(9-14)23(20,21)8-11-3-2-4-12(15)7-11/h2-4,7,19H,5-6,8-9H2,1H3/t14-/m1/s1. The van der Waals surface area contributed by atoms with E-state index in [1.165, 1.54) is 18.2 Å². The monoisotopic (exact) mass is 341 g/mol. The average Bonchev–Trinajstić information content (AvgIpc) is 3.06. The summed E-state index contributed by atoms with van der Waals surface area (Å²) in [7, 11) is -3.69.